The minimum atomic E-state index is -0.253. The summed E-state index contributed by atoms with van der Waals surface area (Å²) in [4.78, 5) is 0. The summed E-state index contributed by atoms with van der Waals surface area (Å²) in [5, 5.41) is 3.11. The Morgan fingerprint density at radius 2 is 2.05 bits per heavy atom. The molecule has 0 heterocycles. The summed E-state index contributed by atoms with van der Waals surface area (Å²) >= 11 is 3.32. The lowest BCUT2D eigenvalue weighted by atomic mass is 10.2. The standard InChI is InChI=1S/C14H14BrFN2O/c1-19-11-3-5-13(17)14(7-11)18-8-9-6-10(15)2-4-12(9)16/h2-7,18H,8,17H2,1H3. The summed E-state index contributed by atoms with van der Waals surface area (Å²) in [7, 11) is 1.59. The molecule has 2 rings (SSSR count). The zero-order valence-electron chi connectivity index (χ0n) is 10.4. The number of ether oxygens (including phenoxy) is 1. The number of halogens is 2. The van der Waals surface area contributed by atoms with Crippen LogP contribution in [0.15, 0.2) is 40.9 Å². The van der Waals surface area contributed by atoms with Gasteiger partial charge in [0.25, 0.3) is 0 Å². The van der Waals surface area contributed by atoms with Crippen LogP contribution < -0.4 is 15.8 Å². The largest absolute Gasteiger partial charge is 0.497 e. The van der Waals surface area contributed by atoms with Crippen molar-refractivity contribution in [2.75, 3.05) is 18.2 Å². The van der Waals surface area contributed by atoms with E-state index in [1.165, 1.54) is 6.07 Å². The molecule has 2 aromatic carbocycles. The van der Waals surface area contributed by atoms with Crippen molar-refractivity contribution in [1.29, 1.82) is 0 Å². The smallest absolute Gasteiger partial charge is 0.128 e. The predicted molar refractivity (Wildman–Crippen MR) is 78.8 cm³/mol. The maximum Gasteiger partial charge on any atom is 0.128 e. The van der Waals surface area contributed by atoms with Crippen molar-refractivity contribution in [1.82, 2.24) is 0 Å². The Balaban J connectivity index is 2.16. The number of hydrogen-bond donors (Lipinski definition) is 2. The van der Waals surface area contributed by atoms with Crippen molar-refractivity contribution in [2.45, 2.75) is 6.54 Å². The van der Waals surface area contributed by atoms with Crippen molar-refractivity contribution in [3.05, 3.63) is 52.3 Å². The molecule has 2 aromatic rings. The van der Waals surface area contributed by atoms with Gasteiger partial charge in [0.1, 0.15) is 11.6 Å². The van der Waals surface area contributed by atoms with E-state index in [1.807, 2.05) is 0 Å². The third-order valence-corrected chi connectivity index (χ3v) is 3.23. The number of nitrogens with one attached hydrogen (secondary N) is 1. The van der Waals surface area contributed by atoms with Crippen molar-refractivity contribution < 1.29 is 9.13 Å². The molecule has 5 heteroatoms. The first-order valence-electron chi connectivity index (χ1n) is 5.71. The highest BCUT2D eigenvalue weighted by molar-refractivity contribution is 9.10. The van der Waals surface area contributed by atoms with Gasteiger partial charge in [0.05, 0.1) is 18.5 Å². The Hall–Kier alpha value is -1.75. The maximum atomic E-state index is 13.6. The molecule has 0 fully saturated rings. The van der Waals surface area contributed by atoms with Gasteiger partial charge >= 0.3 is 0 Å². The van der Waals surface area contributed by atoms with E-state index in [0.717, 1.165) is 10.2 Å². The second-order valence-electron chi connectivity index (χ2n) is 4.04. The lowest BCUT2D eigenvalue weighted by Gasteiger charge is -2.11. The molecule has 0 aliphatic heterocycles. The number of nitrogen functional groups attached to an aromatic ring is 1. The zero-order valence-corrected chi connectivity index (χ0v) is 12.0. The topological polar surface area (TPSA) is 47.3 Å². The van der Waals surface area contributed by atoms with E-state index in [-0.39, 0.29) is 5.82 Å². The van der Waals surface area contributed by atoms with E-state index in [9.17, 15) is 4.39 Å². The molecule has 3 nitrogen and oxygen atoms in total. The summed E-state index contributed by atoms with van der Waals surface area (Å²) in [6.07, 6.45) is 0. The molecule has 3 N–H and O–H groups in total. The summed E-state index contributed by atoms with van der Waals surface area (Å²) in [6, 6.07) is 10.1. The van der Waals surface area contributed by atoms with Gasteiger partial charge < -0.3 is 15.8 Å². The molecular weight excluding hydrogens is 311 g/mol. The van der Waals surface area contributed by atoms with Gasteiger partial charge in [-0.05, 0) is 30.3 Å². The Morgan fingerprint density at radius 3 is 2.79 bits per heavy atom. The van der Waals surface area contributed by atoms with Gasteiger partial charge in [-0.15, -0.1) is 0 Å². The van der Waals surface area contributed by atoms with Gasteiger partial charge in [0, 0.05) is 22.6 Å². The average molecular weight is 325 g/mol. The Bertz CT molecular complexity index is 590. The summed E-state index contributed by atoms with van der Waals surface area (Å²) < 4.78 is 19.6. The molecule has 100 valence electrons. The number of nitrogens with two attached hydrogens (primary N) is 1. The van der Waals surface area contributed by atoms with Crippen LogP contribution in [0.25, 0.3) is 0 Å². The van der Waals surface area contributed by atoms with E-state index in [0.29, 0.717) is 23.5 Å². The molecule has 0 saturated heterocycles. The quantitative estimate of drug-likeness (QED) is 0.841. The van der Waals surface area contributed by atoms with Crippen molar-refractivity contribution >= 4 is 27.3 Å². The monoisotopic (exact) mass is 324 g/mol. The Labute approximate surface area is 119 Å². The third-order valence-electron chi connectivity index (χ3n) is 2.74. The van der Waals surface area contributed by atoms with Crippen LogP contribution in [0.1, 0.15) is 5.56 Å². The molecule has 0 atom stereocenters. The first-order valence-corrected chi connectivity index (χ1v) is 6.51. The van der Waals surface area contributed by atoms with Gasteiger partial charge in [-0.3, -0.25) is 0 Å². The minimum Gasteiger partial charge on any atom is -0.497 e. The summed E-state index contributed by atoms with van der Waals surface area (Å²) in [5.41, 5.74) is 7.74. The van der Waals surface area contributed by atoms with Crippen molar-refractivity contribution in [3.8, 4) is 5.75 Å². The number of anilines is 2. The molecule has 0 bridgehead atoms. The number of hydrogen-bond acceptors (Lipinski definition) is 3. The molecule has 0 spiro atoms. The van der Waals surface area contributed by atoms with Crippen molar-refractivity contribution in [2.24, 2.45) is 0 Å². The van der Waals surface area contributed by atoms with E-state index >= 15 is 0 Å². The fourth-order valence-electron chi connectivity index (χ4n) is 1.68. The normalized spacial score (nSPS) is 10.3. The second-order valence-corrected chi connectivity index (χ2v) is 4.96. The minimum absolute atomic E-state index is 0.253. The molecule has 0 aromatic heterocycles. The van der Waals surface area contributed by atoms with Gasteiger partial charge in [0.2, 0.25) is 0 Å². The first kappa shape index (κ1) is 13.7. The average Bonchev–Trinajstić information content (AvgIpc) is 2.41. The van der Waals surface area contributed by atoms with Crippen LogP contribution in [0.4, 0.5) is 15.8 Å². The molecule has 0 unspecified atom stereocenters. The summed E-state index contributed by atoms with van der Waals surface area (Å²) in [6.45, 7) is 0.350. The van der Waals surface area contributed by atoms with Crippen LogP contribution >= 0.6 is 15.9 Å². The van der Waals surface area contributed by atoms with Gasteiger partial charge in [-0.1, -0.05) is 15.9 Å². The Morgan fingerprint density at radius 1 is 1.26 bits per heavy atom. The lowest BCUT2D eigenvalue weighted by Crippen LogP contribution is -2.04. The fourth-order valence-corrected chi connectivity index (χ4v) is 2.09. The highest BCUT2D eigenvalue weighted by atomic mass is 79.9. The first-order chi connectivity index (χ1) is 9.10. The third kappa shape index (κ3) is 3.38. The highest BCUT2D eigenvalue weighted by Crippen LogP contribution is 2.25. The molecule has 0 aliphatic rings. The SMILES string of the molecule is COc1ccc(N)c(NCc2cc(Br)ccc2F)c1. The molecular formula is C14H14BrFN2O. The van der Waals surface area contributed by atoms with Crippen LogP contribution in [0, 0.1) is 5.82 Å². The van der Waals surface area contributed by atoms with E-state index in [2.05, 4.69) is 21.2 Å². The Kier molecular flexibility index (Phi) is 4.27. The van der Waals surface area contributed by atoms with Crippen molar-refractivity contribution in [3.63, 3.8) is 0 Å². The number of benzene rings is 2. The molecule has 0 radical (unpaired) electrons. The highest BCUT2D eigenvalue weighted by Gasteiger charge is 2.05. The van der Waals surface area contributed by atoms with E-state index in [4.69, 9.17) is 10.5 Å². The molecule has 0 saturated carbocycles. The number of rotatable bonds is 4. The van der Waals surface area contributed by atoms with Crippen LogP contribution in [-0.2, 0) is 6.54 Å². The van der Waals surface area contributed by atoms with E-state index in [1.54, 1.807) is 37.4 Å². The van der Waals surface area contributed by atoms with E-state index < -0.39 is 0 Å². The number of methoxy groups -OCH3 is 1. The lowest BCUT2D eigenvalue weighted by molar-refractivity contribution is 0.415. The summed E-state index contributed by atoms with van der Waals surface area (Å²) in [5.74, 6) is 0.448. The van der Waals surface area contributed by atoms with Crippen LogP contribution in [0.2, 0.25) is 0 Å². The van der Waals surface area contributed by atoms with Crippen LogP contribution in [0.5, 0.6) is 5.75 Å². The van der Waals surface area contributed by atoms with Gasteiger partial charge in [-0.2, -0.15) is 0 Å². The zero-order chi connectivity index (χ0) is 13.8. The van der Waals surface area contributed by atoms with Crippen LogP contribution in [0.3, 0.4) is 0 Å². The van der Waals surface area contributed by atoms with Gasteiger partial charge in [0.15, 0.2) is 0 Å². The second kappa shape index (κ2) is 5.93. The van der Waals surface area contributed by atoms with Gasteiger partial charge in [-0.25, -0.2) is 4.39 Å². The maximum absolute atomic E-state index is 13.6. The molecule has 19 heavy (non-hydrogen) atoms. The fraction of sp³-hybridized carbons (Fsp3) is 0.143. The predicted octanol–water partition coefficient (Wildman–Crippen LogP) is 3.79. The molecule has 0 aliphatic carbocycles. The van der Waals surface area contributed by atoms with Crippen LogP contribution in [-0.4, -0.2) is 7.11 Å². The molecule has 0 amide bonds.